The predicted octanol–water partition coefficient (Wildman–Crippen LogP) is 2.34. The molecule has 42 heavy (non-hydrogen) atoms. The normalized spacial score (nSPS) is 20.0. The van der Waals surface area contributed by atoms with Crippen molar-refractivity contribution in [3.8, 4) is 0 Å². The van der Waals surface area contributed by atoms with E-state index < -0.39 is 64.3 Å². The summed E-state index contributed by atoms with van der Waals surface area (Å²) in [7, 11) is -7.78. The highest BCUT2D eigenvalue weighted by atomic mass is 36.0. The fourth-order valence-corrected chi connectivity index (χ4v) is 2.75. The Balaban J connectivity index is -0.000000140. The van der Waals surface area contributed by atoms with Crippen LogP contribution in [0, 0.1) is 0 Å². The summed E-state index contributed by atoms with van der Waals surface area (Å²) in [5.41, 5.74) is 0. The second-order valence-corrected chi connectivity index (χ2v) is 23.4. The minimum absolute atomic E-state index is 0. The van der Waals surface area contributed by atoms with Gasteiger partial charge in [-0.25, -0.2) is 0 Å². The molecule has 1 aliphatic rings. The Morgan fingerprint density at radius 3 is 1.48 bits per heavy atom. The van der Waals surface area contributed by atoms with Crippen LogP contribution in [-0.2, 0) is 46.8 Å². The number of aliphatic hydroxyl groups is 5. The van der Waals surface area contributed by atoms with Crippen molar-refractivity contribution in [3.63, 3.8) is 0 Å². The molecular formula is C16H41Cl5O17P4. The van der Waals surface area contributed by atoms with Gasteiger partial charge in [0.15, 0.2) is 5.79 Å². The molecule has 0 saturated carbocycles. The van der Waals surface area contributed by atoms with Crippen molar-refractivity contribution in [3.05, 3.63) is 0 Å². The first-order valence-electron chi connectivity index (χ1n) is 10.8. The highest BCUT2D eigenvalue weighted by molar-refractivity contribution is 8.24. The zero-order valence-corrected chi connectivity index (χ0v) is 30.6. The maximum atomic E-state index is 10.6. The third-order valence-corrected chi connectivity index (χ3v) is 4.58. The van der Waals surface area contributed by atoms with Gasteiger partial charge in [0.2, 0.25) is 5.85 Å². The highest BCUT2D eigenvalue weighted by Gasteiger charge is 2.31. The molecule has 9 N–H and O–H groups in total. The van der Waals surface area contributed by atoms with Crippen LogP contribution in [0.2, 0.25) is 0 Å². The van der Waals surface area contributed by atoms with Gasteiger partial charge in [-0.2, -0.15) is 0 Å². The number of ether oxygens (including phenoxy) is 2. The molecule has 0 amide bonds. The number of hydrogen-bond acceptors (Lipinski definition) is 15. The fraction of sp³-hybridized carbons (Fsp3) is 1.00. The van der Waals surface area contributed by atoms with Crippen molar-refractivity contribution in [2.24, 2.45) is 0 Å². The SMILES string of the molecule is CC1(C)OCC(CO)O1.CCOP(=O)([O-])OCC(O)CO.CP(=O)(Cl)Cl.CP(=O)(O)OCC(O)CO.O=P(Cl)(Cl)Cl.[OH3+]. The average Bonchev–Trinajstić information content (AvgIpc) is 3.12. The van der Waals surface area contributed by atoms with Gasteiger partial charge in [0.25, 0.3) is 7.82 Å². The standard InChI is InChI=1S/C6H12O3.C5H13O6P.C4H11O5P.CH3Cl2OP.Cl3OP.H2O/c1-6(2)8-4-5(3-7)9-6;1-2-10-12(8,9)11-4-5(7)3-6;1-10(7,8)9-3-4(6)2-5;2*1-5(2,3)4;/h5,7H,3-4H2,1-2H3;5-7H,2-4H2,1H3,(H,8,9);4-6H,2-3H2,1H3,(H,7,8);1H3;;1H2. The smallest absolute Gasteiger partial charge is 0.339 e. The van der Waals surface area contributed by atoms with Gasteiger partial charge in [-0.3, -0.25) is 18.3 Å². The molecule has 262 valence electrons. The first-order valence-corrected chi connectivity index (χ1v) is 22.7. The Kier molecular flexibility index (Phi) is 34.1. The van der Waals surface area contributed by atoms with E-state index >= 15 is 0 Å². The quantitative estimate of drug-likeness (QED) is 0.129. The molecule has 26 heteroatoms. The number of phosphoric ester groups is 1. The molecule has 0 aliphatic carbocycles. The number of hydrogen-bond donors (Lipinski definition) is 6. The molecule has 0 spiro atoms. The van der Waals surface area contributed by atoms with Gasteiger partial charge >= 0.3 is 12.8 Å². The summed E-state index contributed by atoms with van der Waals surface area (Å²) < 4.78 is 63.3. The third kappa shape index (κ3) is 57.5. The van der Waals surface area contributed by atoms with Gasteiger partial charge in [0.05, 0.1) is 46.2 Å². The summed E-state index contributed by atoms with van der Waals surface area (Å²) in [6.45, 7) is 6.15. The molecule has 1 aliphatic heterocycles. The minimum Gasteiger partial charge on any atom is -0.756 e. The van der Waals surface area contributed by atoms with Crippen LogP contribution in [0.25, 0.3) is 0 Å². The van der Waals surface area contributed by atoms with E-state index in [1.54, 1.807) is 0 Å². The van der Waals surface area contributed by atoms with Gasteiger partial charge in [0.1, 0.15) is 18.3 Å². The molecule has 0 aromatic carbocycles. The predicted molar refractivity (Wildman–Crippen MR) is 160 cm³/mol. The maximum Gasteiger partial charge on any atom is 0.339 e. The molecular weight excluding hydrogens is 765 g/mol. The number of phosphoric acid groups is 1. The second kappa shape index (κ2) is 26.9. The Morgan fingerprint density at radius 2 is 1.26 bits per heavy atom. The molecule has 0 radical (unpaired) electrons. The number of rotatable bonds is 11. The molecule has 1 saturated heterocycles. The van der Waals surface area contributed by atoms with E-state index in [9.17, 15) is 23.2 Å². The van der Waals surface area contributed by atoms with E-state index in [1.165, 1.54) is 13.6 Å². The lowest BCUT2D eigenvalue weighted by Gasteiger charge is -2.22. The summed E-state index contributed by atoms with van der Waals surface area (Å²) in [6.07, 6.45) is -2.41. The van der Waals surface area contributed by atoms with Crippen LogP contribution in [0.1, 0.15) is 20.8 Å². The lowest BCUT2D eigenvalue weighted by molar-refractivity contribution is -0.227. The average molecular weight is 807 g/mol. The summed E-state index contributed by atoms with van der Waals surface area (Å²) in [6, 6.07) is 0. The Bertz CT molecular complexity index is 804. The molecule has 5 unspecified atom stereocenters. The van der Waals surface area contributed by atoms with Crippen LogP contribution in [0.4, 0.5) is 0 Å². The van der Waals surface area contributed by atoms with Crippen LogP contribution in [0.5, 0.6) is 0 Å². The topological polar surface area (TPSA) is 292 Å². The van der Waals surface area contributed by atoms with E-state index in [-0.39, 0.29) is 31.4 Å². The minimum atomic E-state index is -4.28. The van der Waals surface area contributed by atoms with E-state index in [4.69, 9.17) is 62.4 Å². The third-order valence-electron chi connectivity index (χ3n) is 2.91. The van der Waals surface area contributed by atoms with Gasteiger partial charge in [0, 0.05) is 13.3 Å². The van der Waals surface area contributed by atoms with Crippen LogP contribution in [-0.4, -0.2) is 114 Å². The lowest BCUT2D eigenvalue weighted by Crippen LogP contribution is -2.22. The molecule has 5 atom stereocenters. The molecule has 0 aromatic rings. The fourth-order valence-electron chi connectivity index (χ4n) is 1.56. The zero-order chi connectivity index (χ0) is 33.7. The number of halogens is 5. The van der Waals surface area contributed by atoms with Crippen molar-refractivity contribution >= 4 is 82.7 Å². The Morgan fingerprint density at radius 1 is 0.905 bits per heavy atom. The van der Waals surface area contributed by atoms with E-state index in [1.807, 2.05) is 13.8 Å². The van der Waals surface area contributed by atoms with E-state index in [0.29, 0.717) is 6.61 Å². The molecule has 0 aromatic heterocycles. The van der Waals surface area contributed by atoms with Crippen molar-refractivity contribution < 1.29 is 82.1 Å². The van der Waals surface area contributed by atoms with Gasteiger partial charge < -0.3 is 63.8 Å². The van der Waals surface area contributed by atoms with E-state index in [0.717, 1.165) is 6.66 Å². The van der Waals surface area contributed by atoms with Crippen molar-refractivity contribution in [2.75, 3.05) is 59.6 Å². The summed E-state index contributed by atoms with van der Waals surface area (Å²) in [5.74, 6) is -3.19. The van der Waals surface area contributed by atoms with Crippen molar-refractivity contribution in [2.45, 2.75) is 44.9 Å². The summed E-state index contributed by atoms with van der Waals surface area (Å²) in [5, 5.41) is 39.2. The monoisotopic (exact) mass is 804 g/mol. The van der Waals surface area contributed by atoms with Gasteiger partial charge in [-0.15, -0.1) is 0 Å². The summed E-state index contributed by atoms with van der Waals surface area (Å²) >= 11 is 23.6. The molecule has 17 nitrogen and oxygen atoms in total. The molecule has 0 bridgehead atoms. The maximum absolute atomic E-state index is 10.6. The van der Waals surface area contributed by atoms with Gasteiger partial charge in [-0.1, -0.05) is 0 Å². The highest BCUT2D eigenvalue weighted by Crippen LogP contribution is 2.61. The largest absolute Gasteiger partial charge is 0.756 e. The van der Waals surface area contributed by atoms with Crippen LogP contribution in [0.15, 0.2) is 0 Å². The Hall–Kier alpha value is 1.85. The second-order valence-electron chi connectivity index (χ2n) is 7.69. The Labute approximate surface area is 268 Å². The lowest BCUT2D eigenvalue weighted by atomic mass is 10.4. The van der Waals surface area contributed by atoms with Crippen molar-refractivity contribution in [1.82, 2.24) is 0 Å². The van der Waals surface area contributed by atoms with Crippen molar-refractivity contribution in [1.29, 1.82) is 0 Å². The molecule has 1 fully saturated rings. The summed E-state index contributed by atoms with van der Waals surface area (Å²) in [4.78, 5) is 19.1. The van der Waals surface area contributed by atoms with Crippen LogP contribution in [0.3, 0.4) is 0 Å². The number of aliphatic hydroxyl groups excluding tert-OH is 5. The molecule has 1 heterocycles. The molecule has 1 rings (SSSR count). The first kappa shape index (κ1) is 53.3. The van der Waals surface area contributed by atoms with E-state index in [2.05, 4.69) is 47.3 Å². The van der Waals surface area contributed by atoms with Crippen LogP contribution < -0.4 is 4.89 Å². The zero-order valence-electron chi connectivity index (χ0n) is 23.2. The van der Waals surface area contributed by atoms with Gasteiger partial charge in [-0.05, 0) is 77.0 Å². The first-order chi connectivity index (χ1) is 18.1. The van der Waals surface area contributed by atoms with Crippen LogP contribution >= 0.6 is 82.7 Å².